The highest BCUT2D eigenvalue weighted by Crippen LogP contribution is 2.49. The van der Waals surface area contributed by atoms with Crippen molar-refractivity contribution in [2.75, 3.05) is 0 Å². The molecule has 0 saturated carbocycles. The van der Waals surface area contributed by atoms with Crippen molar-refractivity contribution in [3.8, 4) is 5.75 Å². The van der Waals surface area contributed by atoms with Crippen molar-refractivity contribution < 1.29 is 14.6 Å². The third kappa shape index (κ3) is 2.06. The maximum Gasteiger partial charge on any atom is 0.163 e. The molecule has 0 radical (unpaired) electrons. The number of rotatable bonds is 0. The molecule has 1 aromatic carbocycles. The zero-order valence-electron chi connectivity index (χ0n) is 11.4. The lowest BCUT2D eigenvalue weighted by Crippen LogP contribution is -2.45. The Bertz CT molecular complexity index is 595. The van der Waals surface area contributed by atoms with Gasteiger partial charge in [0.2, 0.25) is 0 Å². The van der Waals surface area contributed by atoms with Gasteiger partial charge in [-0.1, -0.05) is 15.9 Å². The molecule has 2 aliphatic rings. The molecule has 3 nitrogen and oxygen atoms in total. The first kappa shape index (κ1) is 14.5. The maximum atomic E-state index is 12.1. The third-order valence-electron chi connectivity index (χ3n) is 4.11. The van der Waals surface area contributed by atoms with E-state index >= 15 is 0 Å². The fourth-order valence-electron chi connectivity index (χ4n) is 2.92. The van der Waals surface area contributed by atoms with Crippen LogP contribution in [0.5, 0.6) is 5.75 Å². The third-order valence-corrected chi connectivity index (χ3v) is 6.55. The molecular weight excluding hydrogens is 388 g/mol. The Balaban J connectivity index is 2.22. The van der Waals surface area contributed by atoms with Crippen LogP contribution in [-0.4, -0.2) is 21.3 Å². The van der Waals surface area contributed by atoms with Crippen molar-refractivity contribution in [1.82, 2.24) is 0 Å². The van der Waals surface area contributed by atoms with Crippen molar-refractivity contribution in [2.24, 2.45) is 0 Å². The van der Waals surface area contributed by atoms with Crippen LogP contribution in [0.3, 0.4) is 0 Å². The number of hydrogen-bond acceptors (Lipinski definition) is 3. The summed E-state index contributed by atoms with van der Waals surface area (Å²) < 4.78 is 6.89. The number of benzene rings is 1. The predicted molar refractivity (Wildman–Crippen MR) is 83.8 cm³/mol. The largest absolute Gasteiger partial charge is 0.485 e. The lowest BCUT2D eigenvalue weighted by atomic mass is 9.84. The first-order valence-electron chi connectivity index (χ1n) is 6.72. The normalized spacial score (nSPS) is 27.6. The van der Waals surface area contributed by atoms with Gasteiger partial charge in [-0.15, -0.1) is 0 Å². The minimum Gasteiger partial charge on any atom is -0.485 e. The molecule has 1 aliphatic heterocycles. The minimum absolute atomic E-state index is 0.151. The lowest BCUT2D eigenvalue weighted by molar-refractivity contribution is 0.0216. The molecule has 0 saturated heterocycles. The molecule has 2 unspecified atom stereocenters. The topological polar surface area (TPSA) is 46.5 Å². The van der Waals surface area contributed by atoms with Gasteiger partial charge in [0.05, 0.1) is 15.4 Å². The molecule has 5 heteroatoms. The minimum atomic E-state index is -0.690. The molecule has 1 aromatic rings. The Kier molecular flexibility index (Phi) is 3.50. The molecule has 0 amide bonds. The van der Waals surface area contributed by atoms with Gasteiger partial charge in [-0.3, -0.25) is 4.79 Å². The van der Waals surface area contributed by atoms with E-state index in [1.165, 1.54) is 0 Å². The van der Waals surface area contributed by atoms with Crippen LogP contribution in [-0.2, 0) is 6.42 Å². The van der Waals surface area contributed by atoms with Crippen LogP contribution in [0.1, 0.15) is 54.3 Å². The number of carbonyl (C=O) groups is 1. The summed E-state index contributed by atoms with van der Waals surface area (Å²) >= 11 is 7.08. The zero-order valence-corrected chi connectivity index (χ0v) is 14.5. The van der Waals surface area contributed by atoms with Gasteiger partial charge >= 0.3 is 0 Å². The number of ketones is 1. The van der Waals surface area contributed by atoms with E-state index in [0.29, 0.717) is 17.7 Å². The molecule has 2 atom stereocenters. The van der Waals surface area contributed by atoms with Gasteiger partial charge < -0.3 is 9.84 Å². The molecule has 0 aromatic heterocycles. The van der Waals surface area contributed by atoms with E-state index in [2.05, 4.69) is 31.9 Å². The number of ether oxygens (including phenoxy) is 1. The number of aliphatic hydroxyl groups excluding tert-OH is 1. The van der Waals surface area contributed by atoms with Crippen LogP contribution in [0.15, 0.2) is 10.5 Å². The zero-order chi connectivity index (χ0) is 14.7. The fourth-order valence-corrected chi connectivity index (χ4v) is 4.02. The highest BCUT2D eigenvalue weighted by molar-refractivity contribution is 9.10. The van der Waals surface area contributed by atoms with E-state index in [0.717, 1.165) is 28.4 Å². The molecular formula is C15H16Br2O3. The monoisotopic (exact) mass is 402 g/mol. The summed E-state index contributed by atoms with van der Waals surface area (Å²) in [5.41, 5.74) is 1.91. The molecule has 0 bridgehead atoms. The van der Waals surface area contributed by atoms with Crippen LogP contribution < -0.4 is 4.74 Å². The van der Waals surface area contributed by atoms with Gasteiger partial charge in [-0.05, 0) is 54.2 Å². The molecule has 1 heterocycles. The Morgan fingerprint density at radius 1 is 1.40 bits per heavy atom. The van der Waals surface area contributed by atoms with E-state index in [-0.39, 0.29) is 10.6 Å². The van der Waals surface area contributed by atoms with Crippen LogP contribution >= 0.6 is 31.9 Å². The Labute approximate surface area is 135 Å². The summed E-state index contributed by atoms with van der Waals surface area (Å²) in [6, 6.07) is 1.81. The second kappa shape index (κ2) is 4.82. The SMILES string of the molecule is CC1(C)Oc2c(cc3c(c2Br)CCCC3=O)C(O)C1Br. The van der Waals surface area contributed by atoms with Crippen LogP contribution in [0.2, 0.25) is 0 Å². The van der Waals surface area contributed by atoms with E-state index in [4.69, 9.17) is 4.74 Å². The maximum absolute atomic E-state index is 12.1. The molecule has 0 spiro atoms. The molecule has 3 rings (SSSR count). The number of aliphatic hydroxyl groups is 1. The number of Topliss-reactive ketones (excluding diaryl/α,β-unsaturated/α-hetero) is 1. The average molecular weight is 404 g/mol. The van der Waals surface area contributed by atoms with Crippen molar-refractivity contribution in [1.29, 1.82) is 0 Å². The Morgan fingerprint density at radius 2 is 2.10 bits per heavy atom. The van der Waals surface area contributed by atoms with Gasteiger partial charge in [-0.25, -0.2) is 0 Å². The Hall–Kier alpha value is -0.390. The van der Waals surface area contributed by atoms with Gasteiger partial charge in [-0.2, -0.15) is 0 Å². The fraction of sp³-hybridized carbons (Fsp3) is 0.533. The van der Waals surface area contributed by atoms with Crippen LogP contribution in [0.25, 0.3) is 0 Å². The van der Waals surface area contributed by atoms with Gasteiger partial charge in [0.25, 0.3) is 0 Å². The van der Waals surface area contributed by atoms with Gasteiger partial charge in [0.1, 0.15) is 11.4 Å². The summed E-state index contributed by atoms with van der Waals surface area (Å²) in [4.78, 5) is 11.9. The number of hydrogen-bond donors (Lipinski definition) is 1. The summed E-state index contributed by atoms with van der Waals surface area (Å²) in [5, 5.41) is 10.5. The Morgan fingerprint density at radius 3 is 2.80 bits per heavy atom. The quantitative estimate of drug-likeness (QED) is 0.667. The van der Waals surface area contributed by atoms with Crippen molar-refractivity contribution in [3.63, 3.8) is 0 Å². The standard InChI is InChI=1S/C15H16Br2O3/c1-15(2)14(17)12(19)9-6-8-7(4-3-5-10(8)18)11(16)13(9)20-15/h6,12,14,19H,3-5H2,1-2H3. The first-order chi connectivity index (χ1) is 9.33. The number of halogens is 2. The summed E-state index contributed by atoms with van der Waals surface area (Å²) in [5.74, 6) is 0.824. The van der Waals surface area contributed by atoms with Crippen LogP contribution in [0, 0.1) is 0 Å². The van der Waals surface area contributed by atoms with E-state index < -0.39 is 11.7 Å². The number of alkyl halides is 1. The molecule has 20 heavy (non-hydrogen) atoms. The highest BCUT2D eigenvalue weighted by atomic mass is 79.9. The second-order valence-electron chi connectivity index (χ2n) is 5.96. The van der Waals surface area contributed by atoms with E-state index in [1.54, 1.807) is 0 Å². The molecule has 1 N–H and O–H groups in total. The van der Waals surface area contributed by atoms with Gasteiger partial charge in [0, 0.05) is 17.5 Å². The van der Waals surface area contributed by atoms with Crippen molar-refractivity contribution in [2.45, 2.75) is 49.6 Å². The predicted octanol–water partition coefficient (Wildman–Crippen LogP) is 3.94. The van der Waals surface area contributed by atoms with E-state index in [1.807, 2.05) is 19.9 Å². The molecule has 1 aliphatic carbocycles. The smallest absolute Gasteiger partial charge is 0.163 e. The van der Waals surface area contributed by atoms with Crippen molar-refractivity contribution >= 4 is 37.6 Å². The molecule has 0 fully saturated rings. The van der Waals surface area contributed by atoms with Crippen molar-refractivity contribution in [3.05, 3.63) is 27.2 Å². The number of fused-ring (bicyclic) bond motifs is 2. The van der Waals surface area contributed by atoms with E-state index in [9.17, 15) is 9.90 Å². The average Bonchev–Trinajstić information content (AvgIpc) is 2.39. The number of carbonyl (C=O) groups excluding carboxylic acids is 1. The lowest BCUT2D eigenvalue weighted by Gasteiger charge is -2.41. The summed E-state index contributed by atoms with van der Waals surface area (Å²) in [6.07, 6.45) is 1.63. The van der Waals surface area contributed by atoms with Gasteiger partial charge in [0.15, 0.2) is 5.78 Å². The second-order valence-corrected chi connectivity index (χ2v) is 7.74. The first-order valence-corrected chi connectivity index (χ1v) is 8.43. The van der Waals surface area contributed by atoms with Crippen LogP contribution in [0.4, 0.5) is 0 Å². The highest BCUT2D eigenvalue weighted by Gasteiger charge is 2.43. The molecule has 108 valence electrons. The summed E-state index contributed by atoms with van der Waals surface area (Å²) in [6.45, 7) is 3.88. The summed E-state index contributed by atoms with van der Waals surface area (Å²) in [7, 11) is 0.